The van der Waals surface area contributed by atoms with Crippen LogP contribution in [0.15, 0.2) is 71.6 Å². The number of H-pyrrole nitrogens is 1. The average molecular weight is 990 g/mol. The average Bonchev–Trinajstić information content (AvgIpc) is 4.00. The Hall–Kier alpha value is -7.06. The molecule has 2 amide bonds. The van der Waals surface area contributed by atoms with E-state index >= 15 is 8.78 Å². The Bertz CT molecular complexity index is 3070. The predicted octanol–water partition coefficient (Wildman–Crippen LogP) is 6.99. The summed E-state index contributed by atoms with van der Waals surface area (Å²) < 4.78 is 38.8. The Morgan fingerprint density at radius 3 is 2.53 bits per heavy atom. The molecule has 20 heteroatoms. The fraction of sp³-hybridized carbons (Fsp3) is 0.333. The van der Waals surface area contributed by atoms with Gasteiger partial charge in [-0.1, -0.05) is 12.6 Å². The van der Waals surface area contributed by atoms with Gasteiger partial charge < -0.3 is 40.4 Å². The molecular formula is C48H51BrF2N14O3. The number of imidazole rings is 1. The highest BCUT2D eigenvalue weighted by Crippen LogP contribution is 2.41. The Kier molecular flexibility index (Phi) is 12.8. The number of aromatic nitrogens is 8. The number of amides is 2. The van der Waals surface area contributed by atoms with Crippen molar-refractivity contribution >= 4 is 67.8 Å². The number of nitrogens with zero attached hydrogens (tertiary/aromatic N) is 11. The smallest absolute Gasteiger partial charge is 0.258 e. The third-order valence-electron chi connectivity index (χ3n) is 12.5. The molecule has 9 rings (SSSR count). The second-order valence-corrected chi connectivity index (χ2v) is 18.4. The minimum absolute atomic E-state index is 0.0237. The van der Waals surface area contributed by atoms with Crippen molar-refractivity contribution in [3.05, 3.63) is 117 Å². The molecule has 0 spiro atoms. The van der Waals surface area contributed by atoms with Gasteiger partial charge in [-0.2, -0.15) is 19.6 Å². The van der Waals surface area contributed by atoms with E-state index in [4.69, 9.17) is 25.4 Å². The molecule has 0 radical (unpaired) electrons. The Balaban J connectivity index is 0.930. The highest BCUT2D eigenvalue weighted by molar-refractivity contribution is 9.10. The topological polar surface area (TPSA) is 192 Å². The summed E-state index contributed by atoms with van der Waals surface area (Å²) in [5, 5.41) is 7.28. The van der Waals surface area contributed by atoms with Crippen LogP contribution in [0.4, 0.5) is 32.2 Å². The van der Waals surface area contributed by atoms with Crippen LogP contribution in [-0.2, 0) is 11.3 Å². The number of aromatic amines is 1. The number of nitrogen functional groups attached to an aromatic ring is 1. The van der Waals surface area contributed by atoms with Crippen molar-refractivity contribution in [2.75, 3.05) is 80.8 Å². The van der Waals surface area contributed by atoms with Crippen molar-refractivity contribution in [1.82, 2.24) is 49.3 Å². The van der Waals surface area contributed by atoms with Crippen LogP contribution >= 0.6 is 15.9 Å². The maximum absolute atomic E-state index is 15.3. The molecule has 4 aromatic heterocycles. The van der Waals surface area contributed by atoms with Gasteiger partial charge in [0.05, 0.1) is 46.9 Å². The Labute approximate surface area is 399 Å². The number of aryl methyl sites for hydroxylation is 2. The molecule has 68 heavy (non-hydrogen) atoms. The number of carbonyl (C=O) groups is 2. The van der Waals surface area contributed by atoms with Gasteiger partial charge in [-0.15, -0.1) is 0 Å². The lowest BCUT2D eigenvalue weighted by atomic mass is 10.0. The maximum atomic E-state index is 15.3. The number of halogens is 3. The molecular weight excluding hydrogens is 939 g/mol. The summed E-state index contributed by atoms with van der Waals surface area (Å²) in [4.78, 5) is 62.0. The maximum Gasteiger partial charge on any atom is 0.258 e. The molecule has 5 heterocycles. The van der Waals surface area contributed by atoms with Crippen LogP contribution in [0.25, 0.3) is 27.9 Å². The van der Waals surface area contributed by atoms with Gasteiger partial charge in [-0.05, 0) is 121 Å². The first-order valence-corrected chi connectivity index (χ1v) is 23.0. The highest BCUT2D eigenvalue weighted by atomic mass is 79.9. The molecule has 17 nitrogen and oxygen atoms in total. The summed E-state index contributed by atoms with van der Waals surface area (Å²) in [6.45, 7) is 13.5. The van der Waals surface area contributed by atoms with Gasteiger partial charge in [-0.3, -0.25) is 9.59 Å². The van der Waals surface area contributed by atoms with E-state index in [0.717, 1.165) is 72.8 Å². The third kappa shape index (κ3) is 9.55. The van der Waals surface area contributed by atoms with Crippen LogP contribution < -0.4 is 25.6 Å². The van der Waals surface area contributed by atoms with Crippen molar-refractivity contribution < 1.29 is 23.1 Å². The summed E-state index contributed by atoms with van der Waals surface area (Å²) in [6.07, 6.45) is 4.87. The molecule has 0 atom stereocenters. The molecule has 0 bridgehead atoms. The zero-order chi connectivity index (χ0) is 48.0. The van der Waals surface area contributed by atoms with Crippen molar-refractivity contribution in [1.29, 1.82) is 0 Å². The zero-order valence-corrected chi connectivity index (χ0v) is 40.0. The number of rotatable bonds is 15. The van der Waals surface area contributed by atoms with Gasteiger partial charge in [0, 0.05) is 50.1 Å². The number of fused-ring (bicyclic) bond motifs is 2. The van der Waals surface area contributed by atoms with Crippen molar-refractivity contribution in [3.63, 3.8) is 0 Å². The van der Waals surface area contributed by atoms with Crippen LogP contribution in [0.2, 0.25) is 0 Å². The van der Waals surface area contributed by atoms with E-state index in [0.29, 0.717) is 39.3 Å². The van der Waals surface area contributed by atoms with Crippen LogP contribution in [-0.4, -0.2) is 121 Å². The number of hydrogen-bond donors (Lipinski definition) is 3. The first-order valence-electron chi connectivity index (χ1n) is 22.2. The number of hydrogen-bond acceptors (Lipinski definition) is 13. The summed E-state index contributed by atoms with van der Waals surface area (Å²) in [5.41, 5.74) is 12.8. The number of anilines is 4. The van der Waals surface area contributed by atoms with Crippen molar-refractivity contribution in [2.45, 2.75) is 46.1 Å². The predicted molar refractivity (Wildman–Crippen MR) is 260 cm³/mol. The lowest BCUT2D eigenvalue weighted by Gasteiger charge is -2.33. The quantitative estimate of drug-likeness (QED) is 0.0892. The zero-order valence-electron chi connectivity index (χ0n) is 38.4. The van der Waals surface area contributed by atoms with Gasteiger partial charge in [0.25, 0.3) is 11.8 Å². The molecule has 1 aliphatic heterocycles. The lowest BCUT2D eigenvalue weighted by Crippen LogP contribution is -2.45. The molecule has 3 aromatic carbocycles. The number of ether oxygens (including phenoxy) is 1. The van der Waals surface area contributed by atoms with Gasteiger partial charge in [-0.25, -0.2) is 23.7 Å². The molecule has 2 fully saturated rings. The van der Waals surface area contributed by atoms with E-state index in [2.05, 4.69) is 77.7 Å². The number of piperazine rings is 1. The lowest BCUT2D eigenvalue weighted by molar-refractivity contribution is -0.126. The number of nitrogens with two attached hydrogens (primary N) is 1. The molecule has 4 N–H and O–H groups in total. The van der Waals surface area contributed by atoms with E-state index in [1.165, 1.54) is 29.4 Å². The molecule has 352 valence electrons. The monoisotopic (exact) mass is 988 g/mol. The Morgan fingerprint density at radius 1 is 1.01 bits per heavy atom. The largest absolute Gasteiger partial charge is 0.486 e. The van der Waals surface area contributed by atoms with Gasteiger partial charge in [0.1, 0.15) is 36.1 Å². The summed E-state index contributed by atoms with van der Waals surface area (Å²) in [5.74, 6) is -0.448. The van der Waals surface area contributed by atoms with E-state index in [-0.39, 0.29) is 71.8 Å². The van der Waals surface area contributed by atoms with E-state index in [9.17, 15) is 9.59 Å². The standard InChI is InChI=1S/C48H51BrF2N14O3/c1-26-17-38-39(18-27(26)2)57-40(56-38)24-64(48-60-47(63-13-11-61(5)12-14-63)59-44-35(49)22-55-65(44)48)23-28(3)46(67)62(6)15-16-68-42-41(53-25-54-43(42)52)34-20-32(50)21-37(29(34)4)58-45(66)33-10-9-31(19-36(33)51)30-7-8-30/h9-10,17-22,25,30H,3,7-8,11-16,23-24H2,1-2,4-6H3,(H,56,57)(H,58,66)(H2,52,53,54). The van der Waals surface area contributed by atoms with E-state index < -0.39 is 17.5 Å². The number of carbonyl (C=O) groups excluding carboxylic acids is 2. The molecule has 1 aliphatic carbocycles. The third-order valence-corrected chi connectivity index (χ3v) is 13.1. The summed E-state index contributed by atoms with van der Waals surface area (Å²) in [7, 11) is 3.71. The van der Waals surface area contributed by atoms with Crippen molar-refractivity contribution in [2.24, 2.45) is 0 Å². The van der Waals surface area contributed by atoms with E-state index in [1.807, 2.05) is 17.9 Å². The molecule has 1 saturated heterocycles. The fourth-order valence-corrected chi connectivity index (χ4v) is 8.61. The molecule has 0 unspecified atom stereocenters. The van der Waals surface area contributed by atoms with Crippen molar-refractivity contribution in [3.8, 4) is 17.0 Å². The number of benzene rings is 3. The first-order chi connectivity index (χ1) is 32.6. The second kappa shape index (κ2) is 18.9. The minimum atomic E-state index is -0.726. The number of nitrogens with one attached hydrogen (secondary N) is 2. The normalized spacial score (nSPS) is 14.1. The van der Waals surface area contributed by atoms with Crippen LogP contribution in [0, 0.1) is 32.4 Å². The minimum Gasteiger partial charge on any atom is -0.486 e. The highest BCUT2D eigenvalue weighted by Gasteiger charge is 2.28. The SMILES string of the molecule is C=C(CN(Cc1nc2cc(C)c(C)cc2[nH]1)c1nc(N2CCN(C)CC2)nc2c(Br)cnn12)C(=O)N(C)CCOc1c(N)ncnc1-c1cc(F)cc(NC(=O)c2ccc(C3CC3)cc2F)c1C. The first kappa shape index (κ1) is 46.1. The fourth-order valence-electron chi connectivity index (χ4n) is 8.26. The molecule has 2 aliphatic rings. The van der Waals surface area contributed by atoms with Gasteiger partial charge in [0.2, 0.25) is 11.9 Å². The second-order valence-electron chi connectivity index (χ2n) is 17.5. The number of likely N-dealkylation sites (N-methyl/N-ethyl adjacent to an activating group) is 2. The molecule has 7 aromatic rings. The van der Waals surface area contributed by atoms with E-state index in [1.54, 1.807) is 30.8 Å². The van der Waals surface area contributed by atoms with Crippen LogP contribution in [0.5, 0.6) is 5.75 Å². The van der Waals surface area contributed by atoms with Gasteiger partial charge >= 0.3 is 0 Å². The summed E-state index contributed by atoms with van der Waals surface area (Å²) >= 11 is 3.63. The Morgan fingerprint density at radius 2 is 1.78 bits per heavy atom. The summed E-state index contributed by atoms with van der Waals surface area (Å²) in [6, 6.07) is 11.1. The van der Waals surface area contributed by atoms with Gasteiger partial charge in [0.15, 0.2) is 17.2 Å². The molecule has 1 saturated carbocycles. The van der Waals surface area contributed by atoms with Crippen LogP contribution in [0.3, 0.4) is 0 Å². The van der Waals surface area contributed by atoms with Crippen LogP contribution in [0.1, 0.15) is 57.2 Å².